The molecule has 0 aliphatic carbocycles. The lowest BCUT2D eigenvalue weighted by molar-refractivity contribution is 0.0730. The summed E-state index contributed by atoms with van der Waals surface area (Å²) in [6.45, 7) is 4.14. The number of nitrogens with zero attached hydrogens (tertiary/aromatic N) is 2. The van der Waals surface area contributed by atoms with Gasteiger partial charge in [0.05, 0.1) is 6.20 Å². The summed E-state index contributed by atoms with van der Waals surface area (Å²) in [6.07, 6.45) is 7.52. The fourth-order valence-electron chi connectivity index (χ4n) is 4.17. The van der Waals surface area contributed by atoms with E-state index < -0.39 is 0 Å². The van der Waals surface area contributed by atoms with Crippen LogP contribution in [-0.2, 0) is 0 Å². The maximum Gasteiger partial charge on any atom is 0.322 e. The van der Waals surface area contributed by atoms with Crippen LogP contribution in [0.2, 0.25) is 0 Å². The van der Waals surface area contributed by atoms with Gasteiger partial charge in [0, 0.05) is 36.8 Å². The first-order chi connectivity index (χ1) is 12.6. The van der Waals surface area contributed by atoms with Crippen LogP contribution in [-0.4, -0.2) is 34.1 Å². The number of benzene rings is 1. The topological polar surface area (TPSA) is 54.5 Å². The summed E-state index contributed by atoms with van der Waals surface area (Å²) in [5.74, 6) is 0.810. The van der Waals surface area contributed by atoms with Gasteiger partial charge in [0.15, 0.2) is 0 Å². The minimum atomic E-state index is 0.0144. The monoisotopic (exact) mass is 351 g/mol. The molecule has 2 fully saturated rings. The first kappa shape index (κ1) is 16.9. The van der Waals surface area contributed by atoms with E-state index in [9.17, 15) is 4.79 Å². The van der Waals surface area contributed by atoms with Gasteiger partial charge < -0.3 is 15.0 Å². The molecule has 5 heteroatoms. The van der Waals surface area contributed by atoms with Gasteiger partial charge in [-0.1, -0.05) is 6.07 Å². The molecule has 1 N–H and O–H groups in total. The fourth-order valence-corrected chi connectivity index (χ4v) is 4.17. The van der Waals surface area contributed by atoms with Crippen LogP contribution in [0.5, 0.6) is 5.75 Å². The molecule has 26 heavy (non-hydrogen) atoms. The van der Waals surface area contributed by atoms with Crippen molar-refractivity contribution in [3.63, 3.8) is 0 Å². The van der Waals surface area contributed by atoms with E-state index in [0.717, 1.165) is 37.1 Å². The number of ether oxygens (including phenoxy) is 1. The summed E-state index contributed by atoms with van der Waals surface area (Å²) in [5.41, 5.74) is 3.29. The molecule has 2 bridgehead atoms. The number of anilines is 1. The van der Waals surface area contributed by atoms with Gasteiger partial charge >= 0.3 is 6.03 Å². The maximum atomic E-state index is 12.9. The number of carbonyl (C=O) groups excluding carboxylic acids is 1. The average Bonchev–Trinajstić information content (AvgIpc) is 2.90. The first-order valence-electron chi connectivity index (χ1n) is 9.33. The van der Waals surface area contributed by atoms with Crippen LogP contribution in [0.3, 0.4) is 0 Å². The van der Waals surface area contributed by atoms with Crippen molar-refractivity contribution in [2.45, 2.75) is 57.7 Å². The Morgan fingerprint density at radius 2 is 1.92 bits per heavy atom. The van der Waals surface area contributed by atoms with E-state index in [1.165, 1.54) is 11.1 Å². The van der Waals surface area contributed by atoms with Gasteiger partial charge in [-0.2, -0.15) is 0 Å². The van der Waals surface area contributed by atoms with Crippen molar-refractivity contribution in [2.24, 2.45) is 0 Å². The van der Waals surface area contributed by atoms with Crippen molar-refractivity contribution in [3.05, 3.63) is 53.9 Å². The van der Waals surface area contributed by atoms with Crippen LogP contribution in [0.25, 0.3) is 0 Å². The van der Waals surface area contributed by atoms with Crippen LogP contribution in [0.4, 0.5) is 10.5 Å². The molecule has 136 valence electrons. The van der Waals surface area contributed by atoms with Gasteiger partial charge in [-0.3, -0.25) is 4.98 Å². The molecule has 2 saturated heterocycles. The van der Waals surface area contributed by atoms with Gasteiger partial charge in [0.1, 0.15) is 11.9 Å². The van der Waals surface area contributed by atoms with Crippen LogP contribution < -0.4 is 10.1 Å². The lowest BCUT2D eigenvalue weighted by Crippen LogP contribution is -2.50. The highest BCUT2D eigenvalue weighted by molar-refractivity contribution is 5.90. The van der Waals surface area contributed by atoms with Crippen molar-refractivity contribution in [1.29, 1.82) is 0 Å². The summed E-state index contributed by atoms with van der Waals surface area (Å²) in [4.78, 5) is 19.0. The normalized spacial score (nSPS) is 24.4. The second kappa shape index (κ2) is 6.98. The second-order valence-corrected chi connectivity index (χ2v) is 7.42. The lowest BCUT2D eigenvalue weighted by atomic mass is 10.00. The molecule has 5 nitrogen and oxygen atoms in total. The number of aryl methyl sites for hydroxylation is 2. The Hall–Kier alpha value is -2.56. The standard InChI is InChI=1S/C21H25N3O2/c1-14-5-6-16(10-15(14)2)23-21(25)24-17-7-8-18(24)12-20(11-17)26-19-4-3-9-22-13-19/h3-6,9-10,13,17-18,20H,7-8,11-12H2,1-2H3,(H,23,25). The van der Waals surface area contributed by atoms with Crippen LogP contribution in [0, 0.1) is 13.8 Å². The first-order valence-corrected chi connectivity index (χ1v) is 9.33. The van der Waals surface area contributed by atoms with E-state index >= 15 is 0 Å². The van der Waals surface area contributed by atoms with Gasteiger partial charge in [0.25, 0.3) is 0 Å². The van der Waals surface area contributed by atoms with Crippen molar-refractivity contribution >= 4 is 11.7 Å². The number of hydrogen-bond donors (Lipinski definition) is 1. The Kier molecular flexibility index (Phi) is 4.53. The van der Waals surface area contributed by atoms with E-state index in [1.54, 1.807) is 12.4 Å². The quantitative estimate of drug-likeness (QED) is 0.897. The van der Waals surface area contributed by atoms with Gasteiger partial charge in [-0.15, -0.1) is 0 Å². The molecule has 2 aliphatic heterocycles. The van der Waals surface area contributed by atoms with Gasteiger partial charge in [-0.25, -0.2) is 4.79 Å². The smallest absolute Gasteiger partial charge is 0.322 e. The van der Waals surface area contributed by atoms with Crippen molar-refractivity contribution in [2.75, 3.05) is 5.32 Å². The van der Waals surface area contributed by atoms with E-state index in [0.29, 0.717) is 0 Å². The van der Waals surface area contributed by atoms with Crippen LogP contribution in [0.1, 0.15) is 36.8 Å². The van der Waals surface area contributed by atoms with E-state index in [4.69, 9.17) is 4.74 Å². The molecule has 2 aliphatic rings. The zero-order valence-corrected chi connectivity index (χ0v) is 15.3. The average molecular weight is 351 g/mol. The Balaban J connectivity index is 1.41. The highest BCUT2D eigenvalue weighted by atomic mass is 16.5. The van der Waals surface area contributed by atoms with Crippen LogP contribution in [0.15, 0.2) is 42.7 Å². The molecule has 2 aromatic rings. The number of amides is 2. The molecular weight excluding hydrogens is 326 g/mol. The molecule has 2 unspecified atom stereocenters. The molecule has 2 atom stereocenters. The van der Waals surface area contributed by atoms with Crippen LogP contribution >= 0.6 is 0 Å². The van der Waals surface area contributed by atoms with E-state index in [-0.39, 0.29) is 24.2 Å². The summed E-state index contributed by atoms with van der Waals surface area (Å²) < 4.78 is 6.09. The van der Waals surface area contributed by atoms with E-state index in [1.807, 2.05) is 35.2 Å². The third-order valence-corrected chi connectivity index (χ3v) is 5.62. The summed E-state index contributed by atoms with van der Waals surface area (Å²) in [6, 6.07) is 10.4. The molecule has 1 aromatic carbocycles. The van der Waals surface area contributed by atoms with Crippen molar-refractivity contribution in [3.8, 4) is 5.75 Å². The number of pyridine rings is 1. The Morgan fingerprint density at radius 3 is 2.58 bits per heavy atom. The minimum absolute atomic E-state index is 0.0144. The number of urea groups is 1. The predicted octanol–water partition coefficient (Wildman–Crippen LogP) is 4.30. The number of carbonyl (C=O) groups is 1. The Labute approximate surface area is 154 Å². The summed E-state index contributed by atoms with van der Waals surface area (Å²) in [5, 5.41) is 3.08. The SMILES string of the molecule is Cc1ccc(NC(=O)N2C3CCC2CC(Oc2cccnc2)C3)cc1C. The number of aromatic nitrogens is 1. The highest BCUT2D eigenvalue weighted by Crippen LogP contribution is 2.37. The number of rotatable bonds is 3. The fraction of sp³-hybridized carbons (Fsp3) is 0.429. The summed E-state index contributed by atoms with van der Waals surface area (Å²) in [7, 11) is 0. The summed E-state index contributed by atoms with van der Waals surface area (Å²) >= 11 is 0. The molecule has 0 saturated carbocycles. The molecule has 0 radical (unpaired) electrons. The number of fused-ring (bicyclic) bond motifs is 2. The highest BCUT2D eigenvalue weighted by Gasteiger charge is 2.44. The largest absolute Gasteiger partial charge is 0.489 e. The molecule has 2 amide bonds. The molecule has 3 heterocycles. The number of nitrogens with one attached hydrogen (secondary N) is 1. The minimum Gasteiger partial charge on any atom is -0.489 e. The Bertz CT molecular complexity index is 779. The number of hydrogen-bond acceptors (Lipinski definition) is 3. The third kappa shape index (κ3) is 3.39. The van der Waals surface area contributed by atoms with E-state index in [2.05, 4.69) is 24.1 Å². The Morgan fingerprint density at radius 1 is 1.15 bits per heavy atom. The lowest BCUT2D eigenvalue weighted by Gasteiger charge is -2.38. The van der Waals surface area contributed by atoms with Crippen molar-refractivity contribution in [1.82, 2.24) is 9.88 Å². The second-order valence-electron chi connectivity index (χ2n) is 7.42. The van der Waals surface area contributed by atoms with Gasteiger partial charge in [-0.05, 0) is 62.1 Å². The molecular formula is C21H25N3O2. The zero-order chi connectivity index (χ0) is 18.1. The molecule has 0 spiro atoms. The molecule has 4 rings (SSSR count). The van der Waals surface area contributed by atoms with Crippen molar-refractivity contribution < 1.29 is 9.53 Å². The third-order valence-electron chi connectivity index (χ3n) is 5.62. The van der Waals surface area contributed by atoms with Gasteiger partial charge in [0.2, 0.25) is 0 Å². The zero-order valence-electron chi connectivity index (χ0n) is 15.3. The molecule has 1 aromatic heterocycles. The predicted molar refractivity (Wildman–Crippen MR) is 101 cm³/mol. The maximum absolute atomic E-state index is 12.9. The number of piperidine rings is 1.